The molecule has 0 aromatic heterocycles. The molecule has 0 saturated carbocycles. The van der Waals surface area contributed by atoms with Crippen molar-refractivity contribution < 1.29 is 24.2 Å². The highest BCUT2D eigenvalue weighted by Crippen LogP contribution is 2.19. The van der Waals surface area contributed by atoms with Crippen LogP contribution in [0.4, 0.5) is 0 Å². The van der Waals surface area contributed by atoms with Gasteiger partial charge < -0.3 is 14.6 Å². The third-order valence-corrected chi connectivity index (χ3v) is 4.94. The highest BCUT2D eigenvalue weighted by Gasteiger charge is 2.19. The van der Waals surface area contributed by atoms with Gasteiger partial charge in [-0.2, -0.15) is 0 Å². The Bertz CT molecular complexity index is 383. The van der Waals surface area contributed by atoms with Crippen LogP contribution in [0, 0.1) is 5.92 Å². The lowest BCUT2D eigenvalue weighted by Gasteiger charge is -2.20. The van der Waals surface area contributed by atoms with E-state index in [1.54, 1.807) is 0 Å². The second-order valence-corrected chi connectivity index (χ2v) is 7.77. The summed E-state index contributed by atoms with van der Waals surface area (Å²) in [6.07, 6.45) is 10.2. The third-order valence-electron chi connectivity index (χ3n) is 4.94. The van der Waals surface area contributed by atoms with Gasteiger partial charge in [-0.05, 0) is 38.0 Å². The molecule has 3 unspecified atom stereocenters. The van der Waals surface area contributed by atoms with E-state index < -0.39 is 6.10 Å². The molecule has 5 nitrogen and oxygen atoms in total. The van der Waals surface area contributed by atoms with Crippen LogP contribution in [0.5, 0.6) is 0 Å². The molecule has 0 fully saturated rings. The Morgan fingerprint density at radius 2 is 1.48 bits per heavy atom. The zero-order chi connectivity index (χ0) is 20.5. The lowest BCUT2D eigenvalue weighted by Crippen LogP contribution is -2.23. The van der Waals surface area contributed by atoms with Gasteiger partial charge in [-0.3, -0.25) is 9.59 Å². The van der Waals surface area contributed by atoms with Crippen molar-refractivity contribution in [3.63, 3.8) is 0 Å². The number of unbranched alkanes of at least 4 members (excludes halogenated alkanes) is 4. The molecule has 0 aromatic carbocycles. The molecule has 0 amide bonds. The molecule has 0 aliphatic heterocycles. The van der Waals surface area contributed by atoms with Crippen molar-refractivity contribution >= 4 is 11.9 Å². The van der Waals surface area contributed by atoms with E-state index >= 15 is 0 Å². The van der Waals surface area contributed by atoms with Gasteiger partial charge in [-0.25, -0.2) is 0 Å². The lowest BCUT2D eigenvalue weighted by atomic mass is 9.96. The van der Waals surface area contributed by atoms with Gasteiger partial charge in [0.2, 0.25) is 0 Å². The normalized spacial score (nSPS) is 14.4. The fourth-order valence-corrected chi connectivity index (χ4v) is 3.30. The lowest BCUT2D eigenvalue weighted by molar-refractivity contribution is -0.152. The third kappa shape index (κ3) is 15.6. The Labute approximate surface area is 166 Å². The standard InChI is InChI=1S/C22H42O5/c1-5-7-9-12-18(3)16-19(23)17-22(25)27-20(13-10-8-6-2)14-11-15-21(24)26-4/h18-20,23H,5-17H2,1-4H3. The molecule has 0 aliphatic carbocycles. The number of hydrogen-bond acceptors (Lipinski definition) is 5. The van der Waals surface area contributed by atoms with Gasteiger partial charge in [0.15, 0.2) is 0 Å². The number of rotatable bonds is 17. The smallest absolute Gasteiger partial charge is 0.308 e. The zero-order valence-electron chi connectivity index (χ0n) is 18.0. The van der Waals surface area contributed by atoms with E-state index in [4.69, 9.17) is 4.74 Å². The number of hydrogen-bond donors (Lipinski definition) is 1. The van der Waals surface area contributed by atoms with Crippen molar-refractivity contribution in [3.8, 4) is 0 Å². The Morgan fingerprint density at radius 3 is 2.07 bits per heavy atom. The van der Waals surface area contributed by atoms with Crippen LogP contribution in [0.3, 0.4) is 0 Å². The number of esters is 2. The highest BCUT2D eigenvalue weighted by atomic mass is 16.5. The van der Waals surface area contributed by atoms with Crippen LogP contribution in [0.15, 0.2) is 0 Å². The minimum absolute atomic E-state index is 0.0550. The van der Waals surface area contributed by atoms with Gasteiger partial charge in [-0.15, -0.1) is 0 Å². The molecular formula is C22H42O5. The fraction of sp³-hybridized carbons (Fsp3) is 0.909. The number of methoxy groups -OCH3 is 1. The largest absolute Gasteiger partial charge is 0.469 e. The maximum atomic E-state index is 12.2. The molecule has 27 heavy (non-hydrogen) atoms. The Kier molecular flexibility index (Phi) is 16.3. The highest BCUT2D eigenvalue weighted by molar-refractivity contribution is 5.70. The summed E-state index contributed by atoms with van der Waals surface area (Å²) in [7, 11) is 1.38. The molecule has 0 spiro atoms. The predicted molar refractivity (Wildman–Crippen MR) is 108 cm³/mol. The summed E-state index contributed by atoms with van der Waals surface area (Å²) in [5.74, 6) is -0.149. The monoisotopic (exact) mass is 386 g/mol. The van der Waals surface area contributed by atoms with Crippen molar-refractivity contribution in [2.45, 2.75) is 116 Å². The first-order valence-electron chi connectivity index (χ1n) is 10.9. The summed E-state index contributed by atoms with van der Waals surface area (Å²) in [5.41, 5.74) is 0. The van der Waals surface area contributed by atoms with Crippen LogP contribution < -0.4 is 0 Å². The molecule has 0 aromatic rings. The first kappa shape index (κ1) is 25.9. The SMILES string of the molecule is CCCCCC(C)CC(O)CC(=O)OC(CCCCC)CCCC(=O)OC. The van der Waals surface area contributed by atoms with Crippen molar-refractivity contribution in [2.75, 3.05) is 7.11 Å². The number of ether oxygens (including phenoxy) is 2. The molecule has 0 aliphatic rings. The number of carbonyl (C=O) groups is 2. The molecular weight excluding hydrogens is 344 g/mol. The first-order chi connectivity index (χ1) is 12.9. The molecule has 0 bridgehead atoms. The van der Waals surface area contributed by atoms with Gasteiger partial charge in [0.1, 0.15) is 6.10 Å². The fourth-order valence-electron chi connectivity index (χ4n) is 3.30. The average Bonchev–Trinajstić information content (AvgIpc) is 2.61. The van der Waals surface area contributed by atoms with Gasteiger partial charge in [-0.1, -0.05) is 59.3 Å². The summed E-state index contributed by atoms with van der Waals surface area (Å²) < 4.78 is 10.3. The van der Waals surface area contributed by atoms with Gasteiger partial charge in [0.05, 0.1) is 19.6 Å². The maximum absolute atomic E-state index is 12.2. The molecule has 0 radical (unpaired) electrons. The minimum Gasteiger partial charge on any atom is -0.469 e. The summed E-state index contributed by atoms with van der Waals surface area (Å²) >= 11 is 0. The van der Waals surface area contributed by atoms with E-state index in [-0.39, 0.29) is 24.5 Å². The van der Waals surface area contributed by atoms with Gasteiger partial charge in [0, 0.05) is 6.42 Å². The van der Waals surface area contributed by atoms with Crippen molar-refractivity contribution in [3.05, 3.63) is 0 Å². The van der Waals surface area contributed by atoms with E-state index in [1.807, 2.05) is 0 Å². The van der Waals surface area contributed by atoms with Crippen LogP contribution in [0.1, 0.15) is 104 Å². The Balaban J connectivity index is 4.27. The van der Waals surface area contributed by atoms with E-state index in [9.17, 15) is 14.7 Å². The average molecular weight is 387 g/mol. The van der Waals surface area contributed by atoms with Crippen molar-refractivity contribution in [1.29, 1.82) is 0 Å². The maximum Gasteiger partial charge on any atom is 0.308 e. The summed E-state index contributed by atoms with van der Waals surface area (Å²) in [6.45, 7) is 6.44. The predicted octanol–water partition coefficient (Wildman–Crippen LogP) is 5.18. The van der Waals surface area contributed by atoms with E-state index in [1.165, 1.54) is 26.4 Å². The second-order valence-electron chi connectivity index (χ2n) is 7.77. The summed E-state index contributed by atoms with van der Waals surface area (Å²) in [6, 6.07) is 0. The Hall–Kier alpha value is -1.10. The van der Waals surface area contributed by atoms with E-state index in [0.717, 1.165) is 32.1 Å². The second kappa shape index (κ2) is 17.0. The Morgan fingerprint density at radius 1 is 0.889 bits per heavy atom. The molecule has 0 rings (SSSR count). The van der Waals surface area contributed by atoms with Gasteiger partial charge in [0.25, 0.3) is 0 Å². The summed E-state index contributed by atoms with van der Waals surface area (Å²) in [4.78, 5) is 23.5. The van der Waals surface area contributed by atoms with E-state index in [0.29, 0.717) is 31.6 Å². The molecule has 5 heteroatoms. The van der Waals surface area contributed by atoms with Crippen molar-refractivity contribution in [1.82, 2.24) is 0 Å². The first-order valence-corrected chi connectivity index (χ1v) is 10.9. The molecule has 1 N–H and O–H groups in total. The number of carbonyl (C=O) groups excluding carboxylic acids is 2. The van der Waals surface area contributed by atoms with Crippen molar-refractivity contribution in [2.24, 2.45) is 5.92 Å². The van der Waals surface area contributed by atoms with Crippen LogP contribution in [-0.2, 0) is 19.1 Å². The molecule has 160 valence electrons. The molecule has 0 heterocycles. The van der Waals surface area contributed by atoms with Crippen LogP contribution >= 0.6 is 0 Å². The molecule has 0 saturated heterocycles. The molecule has 3 atom stereocenters. The number of aliphatic hydroxyl groups excluding tert-OH is 1. The zero-order valence-corrected chi connectivity index (χ0v) is 18.0. The van der Waals surface area contributed by atoms with Crippen LogP contribution in [-0.4, -0.2) is 36.4 Å². The quantitative estimate of drug-likeness (QED) is 0.275. The van der Waals surface area contributed by atoms with Crippen LogP contribution in [0.2, 0.25) is 0 Å². The van der Waals surface area contributed by atoms with Crippen LogP contribution in [0.25, 0.3) is 0 Å². The minimum atomic E-state index is -0.638. The summed E-state index contributed by atoms with van der Waals surface area (Å²) in [5, 5.41) is 10.2. The van der Waals surface area contributed by atoms with Gasteiger partial charge >= 0.3 is 11.9 Å². The topological polar surface area (TPSA) is 72.8 Å². The van der Waals surface area contributed by atoms with E-state index in [2.05, 4.69) is 25.5 Å². The number of aliphatic hydroxyl groups is 1.